The van der Waals surface area contributed by atoms with Gasteiger partial charge in [0.2, 0.25) is 0 Å². The molecule has 0 amide bonds. The van der Waals surface area contributed by atoms with Gasteiger partial charge < -0.3 is 9.47 Å². The van der Waals surface area contributed by atoms with E-state index in [2.05, 4.69) is 6.07 Å². The van der Waals surface area contributed by atoms with Gasteiger partial charge in [-0.2, -0.15) is 11.8 Å². The molecule has 0 radical (unpaired) electrons. The van der Waals surface area contributed by atoms with Crippen LogP contribution >= 0.6 is 11.8 Å². The van der Waals surface area contributed by atoms with Crippen molar-refractivity contribution in [3.05, 3.63) is 59.7 Å². The van der Waals surface area contributed by atoms with Crippen molar-refractivity contribution in [1.29, 1.82) is 0 Å². The molecule has 0 saturated carbocycles. The van der Waals surface area contributed by atoms with E-state index in [4.69, 9.17) is 9.47 Å². The van der Waals surface area contributed by atoms with Crippen molar-refractivity contribution in [3.8, 4) is 11.5 Å². The van der Waals surface area contributed by atoms with Gasteiger partial charge in [0.05, 0.1) is 19.3 Å². The predicted octanol–water partition coefficient (Wildman–Crippen LogP) is 4.21. The minimum Gasteiger partial charge on any atom is -0.497 e. The van der Waals surface area contributed by atoms with Crippen LogP contribution in [0.15, 0.2) is 48.5 Å². The summed E-state index contributed by atoms with van der Waals surface area (Å²) in [6.45, 7) is 2.14. The van der Waals surface area contributed by atoms with E-state index in [1.54, 1.807) is 31.9 Å². The largest absolute Gasteiger partial charge is 0.497 e. The molecule has 0 unspecified atom stereocenters. The number of Topliss-reactive ketones (excluding diaryl/α,β-unsaturated/α-hetero) is 1. The number of hydrogen-bond acceptors (Lipinski definition) is 4. The summed E-state index contributed by atoms with van der Waals surface area (Å²) < 4.78 is 10.9. The van der Waals surface area contributed by atoms with E-state index in [1.165, 1.54) is 5.56 Å². The molecule has 2 aromatic rings. The van der Waals surface area contributed by atoms with Gasteiger partial charge in [-0.1, -0.05) is 24.3 Å². The third-order valence-corrected chi connectivity index (χ3v) is 4.15. The highest BCUT2D eigenvalue weighted by Crippen LogP contribution is 2.20. The first kappa shape index (κ1) is 16.4. The van der Waals surface area contributed by atoms with Crippen LogP contribution in [0.1, 0.15) is 22.8 Å². The molecule has 0 fully saturated rings. The predicted molar refractivity (Wildman–Crippen MR) is 91.1 cm³/mol. The van der Waals surface area contributed by atoms with Crippen LogP contribution in [-0.4, -0.2) is 25.3 Å². The van der Waals surface area contributed by atoms with Gasteiger partial charge >= 0.3 is 0 Å². The quantitative estimate of drug-likeness (QED) is 0.540. The van der Waals surface area contributed by atoms with Gasteiger partial charge in [0.25, 0.3) is 0 Å². The molecule has 0 aliphatic carbocycles. The van der Waals surface area contributed by atoms with E-state index >= 15 is 0 Å². The molecule has 3 nitrogen and oxygen atoms in total. The lowest BCUT2D eigenvalue weighted by atomic mass is 10.1. The topological polar surface area (TPSA) is 35.5 Å². The number of rotatable bonds is 8. The molecule has 0 spiro atoms. The first-order valence-corrected chi connectivity index (χ1v) is 8.29. The molecule has 2 rings (SSSR count). The van der Waals surface area contributed by atoms with Gasteiger partial charge in [0.1, 0.15) is 11.5 Å². The van der Waals surface area contributed by atoms with Crippen LogP contribution in [0.4, 0.5) is 0 Å². The third kappa shape index (κ3) is 4.81. The molecule has 0 saturated heterocycles. The van der Waals surface area contributed by atoms with Crippen LogP contribution in [-0.2, 0) is 5.75 Å². The number of carbonyl (C=O) groups is 1. The van der Waals surface area contributed by atoms with Crippen LogP contribution in [0.3, 0.4) is 0 Å². The van der Waals surface area contributed by atoms with Crippen LogP contribution in [0.2, 0.25) is 0 Å². The zero-order valence-corrected chi connectivity index (χ0v) is 13.7. The molecule has 22 heavy (non-hydrogen) atoms. The van der Waals surface area contributed by atoms with Crippen LogP contribution < -0.4 is 9.47 Å². The number of thioether (sulfide) groups is 1. The van der Waals surface area contributed by atoms with E-state index in [9.17, 15) is 4.79 Å². The van der Waals surface area contributed by atoms with Crippen molar-refractivity contribution in [2.75, 3.05) is 19.5 Å². The zero-order valence-electron chi connectivity index (χ0n) is 12.9. The Kier molecular flexibility index (Phi) is 6.34. The lowest BCUT2D eigenvalue weighted by molar-refractivity contribution is 0.101. The lowest BCUT2D eigenvalue weighted by Crippen LogP contribution is -2.04. The highest BCUT2D eigenvalue weighted by molar-refractivity contribution is 7.98. The smallest absolute Gasteiger partial charge is 0.163 e. The summed E-state index contributed by atoms with van der Waals surface area (Å²) in [5.41, 5.74) is 1.87. The Morgan fingerprint density at radius 1 is 1.14 bits per heavy atom. The van der Waals surface area contributed by atoms with Crippen LogP contribution in [0.5, 0.6) is 11.5 Å². The molecular weight excluding hydrogens is 296 g/mol. The molecule has 4 heteroatoms. The Balaban J connectivity index is 1.77. The fourth-order valence-corrected chi connectivity index (χ4v) is 2.81. The minimum atomic E-state index is 0.0274. The molecule has 0 N–H and O–H groups in total. The molecule has 116 valence electrons. The van der Waals surface area contributed by atoms with Crippen LogP contribution in [0, 0.1) is 0 Å². The molecule has 0 atom stereocenters. The fourth-order valence-electron chi connectivity index (χ4n) is 2.05. The van der Waals surface area contributed by atoms with Crippen molar-refractivity contribution in [1.82, 2.24) is 0 Å². The van der Waals surface area contributed by atoms with Gasteiger partial charge in [-0.25, -0.2) is 0 Å². The SMILES string of the molecule is COc1cccc(CSCCOc2ccccc2C(C)=O)c1. The highest BCUT2D eigenvalue weighted by Gasteiger charge is 2.06. The molecule has 0 heterocycles. The Labute approximate surface area is 135 Å². The second-order valence-electron chi connectivity index (χ2n) is 4.80. The summed E-state index contributed by atoms with van der Waals surface area (Å²) >= 11 is 1.79. The molecule has 0 bridgehead atoms. The first-order chi connectivity index (χ1) is 10.7. The summed E-state index contributed by atoms with van der Waals surface area (Å²) in [6.07, 6.45) is 0. The lowest BCUT2D eigenvalue weighted by Gasteiger charge is -2.09. The first-order valence-electron chi connectivity index (χ1n) is 7.14. The normalized spacial score (nSPS) is 10.3. The number of hydrogen-bond donors (Lipinski definition) is 0. The van der Waals surface area contributed by atoms with Crippen molar-refractivity contribution >= 4 is 17.5 Å². The molecule has 0 aliphatic heterocycles. The van der Waals surface area contributed by atoms with Gasteiger partial charge in [0, 0.05) is 11.5 Å². The maximum absolute atomic E-state index is 11.5. The highest BCUT2D eigenvalue weighted by atomic mass is 32.2. The average Bonchev–Trinajstić information content (AvgIpc) is 2.55. The fraction of sp³-hybridized carbons (Fsp3) is 0.278. The summed E-state index contributed by atoms with van der Waals surface area (Å²) in [5, 5.41) is 0. The van der Waals surface area contributed by atoms with Crippen molar-refractivity contribution in [2.24, 2.45) is 0 Å². The maximum Gasteiger partial charge on any atom is 0.163 e. The van der Waals surface area contributed by atoms with Gasteiger partial charge in [0.15, 0.2) is 5.78 Å². The molecular formula is C18H20O3S. The average molecular weight is 316 g/mol. The van der Waals surface area contributed by atoms with E-state index in [0.29, 0.717) is 17.9 Å². The van der Waals surface area contributed by atoms with Crippen molar-refractivity contribution < 1.29 is 14.3 Å². The second kappa shape index (κ2) is 8.49. The zero-order chi connectivity index (χ0) is 15.8. The van der Waals surface area contributed by atoms with Crippen LogP contribution in [0.25, 0.3) is 0 Å². The Bertz CT molecular complexity index is 625. The van der Waals surface area contributed by atoms with Gasteiger partial charge in [-0.3, -0.25) is 4.79 Å². The number of methoxy groups -OCH3 is 1. The number of ketones is 1. The van der Waals surface area contributed by atoms with E-state index in [0.717, 1.165) is 17.3 Å². The van der Waals surface area contributed by atoms with E-state index in [-0.39, 0.29) is 5.78 Å². The van der Waals surface area contributed by atoms with E-state index < -0.39 is 0 Å². The Morgan fingerprint density at radius 3 is 2.73 bits per heavy atom. The number of ether oxygens (including phenoxy) is 2. The Hall–Kier alpha value is -1.94. The number of benzene rings is 2. The summed E-state index contributed by atoms with van der Waals surface area (Å²) in [6, 6.07) is 15.4. The summed E-state index contributed by atoms with van der Waals surface area (Å²) in [4.78, 5) is 11.5. The van der Waals surface area contributed by atoms with Gasteiger partial charge in [-0.05, 0) is 36.8 Å². The van der Waals surface area contributed by atoms with Gasteiger partial charge in [-0.15, -0.1) is 0 Å². The van der Waals surface area contributed by atoms with E-state index in [1.807, 2.05) is 36.4 Å². The monoisotopic (exact) mass is 316 g/mol. The molecule has 2 aromatic carbocycles. The third-order valence-electron chi connectivity index (χ3n) is 3.15. The minimum absolute atomic E-state index is 0.0274. The molecule has 0 aliphatic rings. The Morgan fingerprint density at radius 2 is 1.95 bits per heavy atom. The number of para-hydroxylation sites is 1. The number of carbonyl (C=O) groups excluding carboxylic acids is 1. The maximum atomic E-state index is 11.5. The molecule has 0 aromatic heterocycles. The van der Waals surface area contributed by atoms with Crippen molar-refractivity contribution in [2.45, 2.75) is 12.7 Å². The second-order valence-corrected chi connectivity index (χ2v) is 5.91. The standard InChI is InChI=1S/C18H20O3S/c1-14(19)17-8-3-4-9-18(17)21-10-11-22-13-15-6-5-7-16(12-15)20-2/h3-9,12H,10-11,13H2,1-2H3. The van der Waals surface area contributed by atoms with Crippen molar-refractivity contribution in [3.63, 3.8) is 0 Å². The summed E-state index contributed by atoms with van der Waals surface area (Å²) in [5.74, 6) is 3.35. The summed E-state index contributed by atoms with van der Waals surface area (Å²) in [7, 11) is 1.67.